The molecule has 0 saturated heterocycles. The van der Waals surface area contributed by atoms with Gasteiger partial charge < -0.3 is 33.3 Å². The molecular formula is C64H107NO8. The monoisotopic (exact) mass is 1020 g/mol. The molecule has 0 amide bonds. The molecule has 0 fully saturated rings. The van der Waals surface area contributed by atoms with E-state index in [1.165, 1.54) is 83.5 Å². The number of rotatable bonds is 52. The van der Waals surface area contributed by atoms with Crippen molar-refractivity contribution in [2.45, 2.75) is 232 Å². The van der Waals surface area contributed by atoms with Crippen LogP contribution in [0.5, 0.6) is 0 Å². The summed E-state index contributed by atoms with van der Waals surface area (Å²) in [4.78, 5) is 37.2. The second-order valence-corrected chi connectivity index (χ2v) is 20.2. The number of hydrogen-bond donors (Lipinski definition) is 0. The van der Waals surface area contributed by atoms with E-state index >= 15 is 0 Å². The van der Waals surface area contributed by atoms with Gasteiger partial charge in [0.05, 0.1) is 40.3 Å². The first-order valence-corrected chi connectivity index (χ1v) is 29.0. The van der Waals surface area contributed by atoms with Crippen LogP contribution in [0.25, 0.3) is 0 Å². The van der Waals surface area contributed by atoms with Crippen LogP contribution in [0.4, 0.5) is 0 Å². The summed E-state index contributed by atoms with van der Waals surface area (Å²) in [6.45, 7) is 4.47. The molecule has 0 N–H and O–H groups in total. The molecule has 0 rings (SSSR count). The third-order valence-corrected chi connectivity index (χ3v) is 12.0. The number of likely N-dealkylation sites (N-methyl/N-ethyl adjacent to an activating group) is 1. The van der Waals surface area contributed by atoms with E-state index in [9.17, 15) is 19.5 Å². The highest BCUT2D eigenvalue weighted by atomic mass is 16.7. The van der Waals surface area contributed by atoms with Crippen molar-refractivity contribution < 1.29 is 42.9 Å². The number of carbonyl (C=O) groups is 3. The molecule has 0 heterocycles. The Balaban J connectivity index is 4.11. The Hall–Kier alpha value is -4.05. The average molecular weight is 1020 g/mol. The zero-order valence-corrected chi connectivity index (χ0v) is 47.2. The molecule has 2 atom stereocenters. The van der Waals surface area contributed by atoms with Crippen LogP contribution in [0.3, 0.4) is 0 Å². The number of unbranched alkanes of at least 4 members (excludes halogenated alkanes) is 19. The van der Waals surface area contributed by atoms with Crippen molar-refractivity contribution in [3.05, 3.63) is 109 Å². The average Bonchev–Trinajstić information content (AvgIpc) is 3.36. The molecule has 0 aromatic carbocycles. The van der Waals surface area contributed by atoms with Gasteiger partial charge in [0, 0.05) is 12.8 Å². The molecule has 0 bridgehead atoms. The van der Waals surface area contributed by atoms with Gasteiger partial charge in [0.1, 0.15) is 13.2 Å². The molecule has 0 aliphatic rings. The van der Waals surface area contributed by atoms with Gasteiger partial charge in [0.25, 0.3) is 0 Å². The van der Waals surface area contributed by atoms with Crippen LogP contribution < -0.4 is 5.11 Å². The number of nitrogens with zero attached hydrogens (tertiary/aromatic N) is 1. The van der Waals surface area contributed by atoms with E-state index in [-0.39, 0.29) is 38.6 Å². The van der Waals surface area contributed by atoms with Crippen LogP contribution >= 0.6 is 0 Å². The second kappa shape index (κ2) is 54.2. The van der Waals surface area contributed by atoms with E-state index in [0.29, 0.717) is 23.9 Å². The van der Waals surface area contributed by atoms with Gasteiger partial charge in [-0.05, 0) is 96.3 Å². The number of carbonyl (C=O) groups excluding carboxylic acids is 3. The van der Waals surface area contributed by atoms with Gasteiger partial charge in [-0.15, -0.1) is 0 Å². The topological polar surface area (TPSA) is 111 Å². The van der Waals surface area contributed by atoms with Crippen LogP contribution in [0.1, 0.15) is 219 Å². The Labute approximate surface area is 447 Å². The maximum atomic E-state index is 12.8. The summed E-state index contributed by atoms with van der Waals surface area (Å²) < 4.78 is 22.6. The smallest absolute Gasteiger partial charge is 0.306 e. The SMILES string of the molecule is CC/C=C\C/C=C\C/C=C\C/C=C\C/C=C\C/C=C\CCCCCCCCCCCCCCCCCCC(=O)OC(COC(=O)CCCCC/C=C\C/C=C\C/C=C\CC)COC(OCC[N+](C)(C)C)C(=O)[O-]. The minimum atomic E-state index is -1.63. The molecule has 2 unspecified atom stereocenters. The molecule has 0 spiro atoms. The molecular weight excluding hydrogens is 911 g/mol. The second-order valence-electron chi connectivity index (χ2n) is 20.2. The minimum Gasteiger partial charge on any atom is -0.545 e. The molecule has 73 heavy (non-hydrogen) atoms. The first kappa shape index (κ1) is 69.0. The fourth-order valence-corrected chi connectivity index (χ4v) is 7.61. The normalized spacial score (nSPS) is 13.6. The predicted octanol–water partition coefficient (Wildman–Crippen LogP) is 15.8. The van der Waals surface area contributed by atoms with Crippen LogP contribution in [-0.2, 0) is 33.3 Å². The van der Waals surface area contributed by atoms with Crippen molar-refractivity contribution in [1.29, 1.82) is 0 Å². The summed E-state index contributed by atoms with van der Waals surface area (Å²) in [5.74, 6) is -2.33. The van der Waals surface area contributed by atoms with E-state index in [0.717, 1.165) is 96.3 Å². The highest BCUT2D eigenvalue weighted by Crippen LogP contribution is 2.16. The lowest BCUT2D eigenvalue weighted by atomic mass is 10.0. The van der Waals surface area contributed by atoms with Crippen molar-refractivity contribution in [3.8, 4) is 0 Å². The Morgan fingerprint density at radius 1 is 0.411 bits per heavy atom. The zero-order chi connectivity index (χ0) is 53.4. The Bertz CT molecular complexity index is 1560. The molecule has 0 aliphatic heterocycles. The number of allylic oxidation sites excluding steroid dienone is 18. The van der Waals surface area contributed by atoms with E-state index in [1.807, 2.05) is 21.1 Å². The molecule has 0 aromatic rings. The van der Waals surface area contributed by atoms with Gasteiger partial charge in [-0.2, -0.15) is 0 Å². The van der Waals surface area contributed by atoms with E-state index in [4.69, 9.17) is 18.9 Å². The first-order chi connectivity index (χ1) is 35.6. The lowest BCUT2D eigenvalue weighted by Crippen LogP contribution is -2.44. The number of aliphatic carboxylic acids is 1. The summed E-state index contributed by atoms with van der Waals surface area (Å²) in [7, 11) is 5.90. The van der Waals surface area contributed by atoms with Gasteiger partial charge in [-0.25, -0.2) is 0 Å². The van der Waals surface area contributed by atoms with E-state index in [1.54, 1.807) is 0 Å². The van der Waals surface area contributed by atoms with Crippen molar-refractivity contribution in [2.75, 3.05) is 47.5 Å². The summed E-state index contributed by atoms with van der Waals surface area (Å²) in [6.07, 6.45) is 71.6. The minimum absolute atomic E-state index is 0.139. The molecule has 416 valence electrons. The fourth-order valence-electron chi connectivity index (χ4n) is 7.61. The molecule has 9 nitrogen and oxygen atoms in total. The van der Waals surface area contributed by atoms with Crippen molar-refractivity contribution in [3.63, 3.8) is 0 Å². The standard InChI is InChI=1S/C64H107NO8/c1-6-8-10-12-14-16-18-20-21-22-23-24-25-26-27-28-29-30-31-32-33-34-35-36-37-38-39-40-41-43-45-47-49-51-53-55-62(67)73-60(59-72-64(63(68)69)70-57-56-65(3,4)5)58-71-61(66)54-52-50-48-46-44-42-19-17-15-13-11-9-7-2/h8-11,14-17,20-21,23-24,26-27,29-30,42,44,60,64H,6-7,12-13,18-19,22,25,28,31-41,43,45-59H2,1-5H3/b10-8-,11-9-,16-14-,17-15-,21-20-,24-23-,27-26-,30-29-,44-42-. The summed E-state index contributed by atoms with van der Waals surface area (Å²) in [5.41, 5.74) is 0. The molecule has 0 saturated carbocycles. The van der Waals surface area contributed by atoms with E-state index in [2.05, 4.69) is 123 Å². The zero-order valence-electron chi connectivity index (χ0n) is 47.2. The molecule has 0 aliphatic carbocycles. The van der Waals surface area contributed by atoms with Crippen molar-refractivity contribution in [1.82, 2.24) is 0 Å². The number of hydrogen-bond acceptors (Lipinski definition) is 8. The van der Waals surface area contributed by atoms with E-state index < -0.39 is 24.3 Å². The maximum absolute atomic E-state index is 12.8. The largest absolute Gasteiger partial charge is 0.545 e. The van der Waals surface area contributed by atoms with Crippen LogP contribution in [0.15, 0.2) is 109 Å². The molecule has 0 aromatic heterocycles. The third-order valence-electron chi connectivity index (χ3n) is 12.0. The fraction of sp³-hybridized carbons (Fsp3) is 0.672. The maximum Gasteiger partial charge on any atom is 0.306 e. The van der Waals surface area contributed by atoms with Crippen molar-refractivity contribution in [2.24, 2.45) is 0 Å². The number of quaternary nitrogens is 1. The van der Waals surface area contributed by atoms with Crippen LogP contribution in [-0.4, -0.2) is 82.3 Å². The number of carboxylic acids is 1. The Morgan fingerprint density at radius 3 is 1.11 bits per heavy atom. The first-order valence-electron chi connectivity index (χ1n) is 29.0. The third kappa shape index (κ3) is 55.5. The summed E-state index contributed by atoms with van der Waals surface area (Å²) in [6, 6.07) is 0. The van der Waals surface area contributed by atoms with Crippen LogP contribution in [0, 0.1) is 0 Å². The van der Waals surface area contributed by atoms with Crippen molar-refractivity contribution >= 4 is 17.9 Å². The lowest BCUT2D eigenvalue weighted by molar-refractivity contribution is -0.870. The number of carboxylic acid groups (broad SMARTS) is 1. The van der Waals surface area contributed by atoms with Gasteiger partial charge in [-0.3, -0.25) is 9.59 Å². The van der Waals surface area contributed by atoms with Gasteiger partial charge in [-0.1, -0.05) is 220 Å². The molecule has 0 radical (unpaired) electrons. The highest BCUT2D eigenvalue weighted by Gasteiger charge is 2.22. The van der Waals surface area contributed by atoms with Crippen LogP contribution in [0.2, 0.25) is 0 Å². The summed E-state index contributed by atoms with van der Waals surface area (Å²) in [5, 5.41) is 11.7. The highest BCUT2D eigenvalue weighted by molar-refractivity contribution is 5.70. The number of ether oxygens (including phenoxy) is 4. The quantitative estimate of drug-likeness (QED) is 0.0195. The predicted molar refractivity (Wildman–Crippen MR) is 306 cm³/mol. The Kier molecular flexibility index (Phi) is 51.2. The van der Waals surface area contributed by atoms with Gasteiger partial charge in [0.15, 0.2) is 12.4 Å². The Morgan fingerprint density at radius 2 is 0.740 bits per heavy atom. The van der Waals surface area contributed by atoms with Gasteiger partial charge >= 0.3 is 11.9 Å². The van der Waals surface area contributed by atoms with Gasteiger partial charge in [0.2, 0.25) is 0 Å². The number of esters is 2. The summed E-state index contributed by atoms with van der Waals surface area (Å²) >= 11 is 0. The lowest BCUT2D eigenvalue weighted by Gasteiger charge is -2.26. The molecule has 9 heteroatoms.